The molecule has 1 N–H and O–H groups in total. The van der Waals surface area contributed by atoms with Crippen molar-refractivity contribution in [1.82, 2.24) is 5.32 Å². The Hall–Kier alpha value is -4.29. The highest BCUT2D eigenvalue weighted by atomic mass is 16.5. The molecule has 0 spiro atoms. The third kappa shape index (κ3) is 4.09. The molecule has 0 saturated carbocycles. The van der Waals surface area contributed by atoms with E-state index in [4.69, 9.17) is 4.74 Å². The third-order valence-corrected chi connectivity index (χ3v) is 6.89. The van der Waals surface area contributed by atoms with E-state index < -0.39 is 6.09 Å². The summed E-state index contributed by atoms with van der Waals surface area (Å²) in [4.78, 5) is 12.3. The van der Waals surface area contributed by atoms with Crippen LogP contribution in [0.5, 0.6) is 0 Å². The van der Waals surface area contributed by atoms with Crippen LogP contribution >= 0.6 is 0 Å². The minimum absolute atomic E-state index is 0.0684. The first-order valence-electron chi connectivity index (χ1n) is 12.1. The summed E-state index contributed by atoms with van der Waals surface area (Å²) in [5.74, 6) is 6.47. The quantitative estimate of drug-likeness (QED) is 0.247. The van der Waals surface area contributed by atoms with Gasteiger partial charge in [-0.1, -0.05) is 90.7 Å². The minimum atomic E-state index is -0.399. The predicted molar refractivity (Wildman–Crippen MR) is 139 cm³/mol. The van der Waals surface area contributed by atoms with Crippen LogP contribution < -0.4 is 5.32 Å². The van der Waals surface area contributed by atoms with E-state index in [2.05, 4.69) is 83.9 Å². The molecule has 6 rings (SSSR count). The molecule has 170 valence electrons. The summed E-state index contributed by atoms with van der Waals surface area (Å²) in [5, 5.41) is 2.83. The fourth-order valence-corrected chi connectivity index (χ4v) is 5.26. The highest BCUT2D eigenvalue weighted by Gasteiger charge is 2.28. The third-order valence-electron chi connectivity index (χ3n) is 6.89. The summed E-state index contributed by atoms with van der Waals surface area (Å²) >= 11 is 0. The minimum Gasteiger partial charge on any atom is -0.449 e. The maximum Gasteiger partial charge on any atom is 0.407 e. The fraction of sp³-hybridized carbons (Fsp3) is 0.156. The molecule has 0 fully saturated rings. The van der Waals surface area contributed by atoms with Gasteiger partial charge in [0, 0.05) is 24.4 Å². The van der Waals surface area contributed by atoms with Crippen LogP contribution in [0.2, 0.25) is 0 Å². The summed E-state index contributed by atoms with van der Waals surface area (Å²) < 4.78 is 5.59. The maximum absolute atomic E-state index is 12.3. The first-order chi connectivity index (χ1) is 17.3. The normalized spacial score (nSPS) is 12.6. The Morgan fingerprint density at radius 3 is 2.23 bits per heavy atom. The van der Waals surface area contributed by atoms with Crippen molar-refractivity contribution in [3.63, 3.8) is 0 Å². The van der Waals surface area contributed by atoms with Crippen LogP contribution in [0.25, 0.3) is 22.3 Å². The number of alkyl carbamates (subject to hydrolysis) is 1. The summed E-state index contributed by atoms with van der Waals surface area (Å²) in [6, 6.07) is 31.7. The van der Waals surface area contributed by atoms with Crippen LogP contribution in [0.15, 0.2) is 91.0 Å². The number of fused-ring (bicyclic) bond motifs is 6. The fourth-order valence-electron chi connectivity index (χ4n) is 5.26. The van der Waals surface area contributed by atoms with Crippen LogP contribution in [0.1, 0.15) is 40.2 Å². The maximum atomic E-state index is 12.3. The van der Waals surface area contributed by atoms with Gasteiger partial charge in [-0.3, -0.25) is 0 Å². The highest BCUT2D eigenvalue weighted by molar-refractivity contribution is 5.79. The molecule has 0 aromatic heterocycles. The molecule has 1 amide bonds. The van der Waals surface area contributed by atoms with Crippen molar-refractivity contribution < 1.29 is 9.53 Å². The largest absolute Gasteiger partial charge is 0.449 e. The second kappa shape index (κ2) is 9.16. The molecule has 0 bridgehead atoms. The predicted octanol–water partition coefficient (Wildman–Crippen LogP) is 6.54. The van der Waals surface area contributed by atoms with Crippen molar-refractivity contribution in [3.05, 3.63) is 119 Å². The molecule has 0 aliphatic heterocycles. The molecule has 0 heterocycles. The standard InChI is InChI=1S/C32H25NO2/c34-32(35-21-31-29-14-5-3-12-27(29)28-13-4-6-15-30(28)31)33-18-8-7-9-22-16-17-26-24(19-22)20-23-10-1-2-11-25(23)26/h1-6,10-17,19,31H,8,18,20-21H2,(H,33,34). The Balaban J connectivity index is 1.01. The monoisotopic (exact) mass is 455 g/mol. The Morgan fingerprint density at radius 2 is 1.46 bits per heavy atom. The van der Waals surface area contributed by atoms with Gasteiger partial charge in [0.25, 0.3) is 0 Å². The Labute approximate surface area is 205 Å². The Kier molecular flexibility index (Phi) is 5.56. The highest BCUT2D eigenvalue weighted by Crippen LogP contribution is 2.44. The average Bonchev–Trinajstić information content (AvgIpc) is 3.42. The van der Waals surface area contributed by atoms with E-state index in [1.165, 1.54) is 44.5 Å². The second-order valence-corrected chi connectivity index (χ2v) is 9.01. The first kappa shape index (κ1) is 21.3. The van der Waals surface area contributed by atoms with Gasteiger partial charge in [0.2, 0.25) is 0 Å². The molecule has 0 radical (unpaired) electrons. The molecule has 0 saturated heterocycles. The van der Waals surface area contributed by atoms with Gasteiger partial charge in [0.15, 0.2) is 0 Å². The van der Waals surface area contributed by atoms with E-state index in [9.17, 15) is 4.79 Å². The van der Waals surface area contributed by atoms with Gasteiger partial charge in [0.05, 0.1) is 0 Å². The van der Waals surface area contributed by atoms with Crippen LogP contribution in [0.3, 0.4) is 0 Å². The second-order valence-electron chi connectivity index (χ2n) is 9.01. The van der Waals surface area contributed by atoms with E-state index in [0.29, 0.717) is 19.6 Å². The molecular formula is C32H25NO2. The Morgan fingerprint density at radius 1 is 0.800 bits per heavy atom. The smallest absolute Gasteiger partial charge is 0.407 e. The summed E-state index contributed by atoms with van der Waals surface area (Å²) in [6.45, 7) is 0.781. The SMILES string of the molecule is O=C(NCCC#Cc1ccc2c(c1)Cc1ccccc1-2)OCC1c2ccccc2-c2ccccc21. The molecule has 0 atom stereocenters. The molecular weight excluding hydrogens is 430 g/mol. The molecule has 4 aromatic carbocycles. The molecule has 3 heteroatoms. The van der Waals surface area contributed by atoms with Crippen molar-refractivity contribution >= 4 is 6.09 Å². The van der Waals surface area contributed by atoms with E-state index in [1.54, 1.807) is 0 Å². The van der Waals surface area contributed by atoms with Crippen LogP contribution in [0, 0.1) is 11.8 Å². The zero-order valence-corrected chi connectivity index (χ0v) is 19.4. The van der Waals surface area contributed by atoms with Crippen LogP contribution in [0.4, 0.5) is 4.79 Å². The molecule has 3 nitrogen and oxygen atoms in total. The van der Waals surface area contributed by atoms with Crippen molar-refractivity contribution in [3.8, 4) is 34.1 Å². The van der Waals surface area contributed by atoms with Crippen molar-refractivity contribution in [2.75, 3.05) is 13.2 Å². The number of hydrogen-bond acceptors (Lipinski definition) is 2. The number of carbonyl (C=O) groups excluding carboxylic acids is 1. The van der Waals surface area contributed by atoms with Gasteiger partial charge >= 0.3 is 6.09 Å². The van der Waals surface area contributed by atoms with E-state index in [0.717, 1.165) is 12.0 Å². The van der Waals surface area contributed by atoms with Gasteiger partial charge in [0.1, 0.15) is 6.61 Å². The van der Waals surface area contributed by atoms with Crippen molar-refractivity contribution in [2.24, 2.45) is 0 Å². The zero-order chi connectivity index (χ0) is 23.6. The van der Waals surface area contributed by atoms with Gasteiger partial charge in [-0.15, -0.1) is 0 Å². The number of amides is 1. The van der Waals surface area contributed by atoms with Gasteiger partial charge < -0.3 is 10.1 Å². The number of benzene rings is 4. The number of rotatable bonds is 4. The van der Waals surface area contributed by atoms with Gasteiger partial charge in [-0.25, -0.2) is 4.79 Å². The van der Waals surface area contributed by atoms with Crippen LogP contribution in [-0.2, 0) is 11.2 Å². The van der Waals surface area contributed by atoms with E-state index >= 15 is 0 Å². The lowest BCUT2D eigenvalue weighted by atomic mass is 9.98. The molecule has 35 heavy (non-hydrogen) atoms. The lowest BCUT2D eigenvalue weighted by molar-refractivity contribution is 0.143. The summed E-state index contributed by atoms with van der Waals surface area (Å²) in [7, 11) is 0. The topological polar surface area (TPSA) is 38.3 Å². The van der Waals surface area contributed by atoms with Crippen molar-refractivity contribution in [2.45, 2.75) is 18.8 Å². The summed E-state index contributed by atoms with van der Waals surface area (Å²) in [5.41, 5.74) is 11.2. The number of nitrogens with one attached hydrogen (secondary N) is 1. The lowest BCUT2D eigenvalue weighted by Crippen LogP contribution is -2.26. The summed E-state index contributed by atoms with van der Waals surface area (Å²) in [6.07, 6.45) is 1.13. The average molecular weight is 456 g/mol. The Bertz CT molecular complexity index is 1450. The zero-order valence-electron chi connectivity index (χ0n) is 19.4. The molecule has 2 aliphatic rings. The van der Waals surface area contributed by atoms with Crippen LogP contribution in [-0.4, -0.2) is 19.2 Å². The number of carbonyl (C=O) groups is 1. The number of ether oxygens (including phenoxy) is 1. The molecule has 4 aromatic rings. The van der Waals surface area contributed by atoms with E-state index in [1.807, 2.05) is 24.3 Å². The molecule has 0 unspecified atom stereocenters. The lowest BCUT2D eigenvalue weighted by Gasteiger charge is -2.14. The van der Waals surface area contributed by atoms with Gasteiger partial charge in [-0.2, -0.15) is 0 Å². The number of hydrogen-bond donors (Lipinski definition) is 1. The van der Waals surface area contributed by atoms with Crippen molar-refractivity contribution in [1.29, 1.82) is 0 Å². The first-order valence-corrected chi connectivity index (χ1v) is 12.1. The van der Waals surface area contributed by atoms with E-state index in [-0.39, 0.29) is 5.92 Å². The molecule has 2 aliphatic carbocycles. The van der Waals surface area contributed by atoms with Gasteiger partial charge in [-0.05, 0) is 63.1 Å².